The Bertz CT molecular complexity index is 378. The van der Waals surface area contributed by atoms with E-state index in [0.717, 1.165) is 23.4 Å². The van der Waals surface area contributed by atoms with Crippen molar-refractivity contribution in [3.63, 3.8) is 0 Å². The van der Waals surface area contributed by atoms with Crippen LogP contribution in [0.15, 0.2) is 18.2 Å². The van der Waals surface area contributed by atoms with Gasteiger partial charge in [0.05, 0.1) is 0 Å². The molecule has 0 aliphatic rings. The molecule has 2 N–H and O–H groups in total. The van der Waals surface area contributed by atoms with Crippen LogP contribution >= 0.6 is 0 Å². The molecule has 94 valence electrons. The highest BCUT2D eigenvalue weighted by Crippen LogP contribution is 2.18. The molecule has 4 heteroatoms. The molecule has 1 aromatic carbocycles. The fraction of sp³-hybridized carbons (Fsp3) is 0.462. The Morgan fingerprint density at radius 1 is 1.29 bits per heavy atom. The number of ether oxygens (including phenoxy) is 1. The Morgan fingerprint density at radius 2 is 2.06 bits per heavy atom. The highest BCUT2D eigenvalue weighted by Gasteiger charge is 2.04. The van der Waals surface area contributed by atoms with E-state index in [4.69, 9.17) is 4.74 Å². The van der Waals surface area contributed by atoms with E-state index in [1.54, 1.807) is 0 Å². The Morgan fingerprint density at radius 3 is 2.76 bits per heavy atom. The molecule has 0 saturated heterocycles. The zero-order valence-electron chi connectivity index (χ0n) is 10.7. The van der Waals surface area contributed by atoms with Crippen LogP contribution in [0.25, 0.3) is 0 Å². The molecule has 0 aliphatic carbocycles. The predicted molar refractivity (Wildman–Crippen MR) is 68.3 cm³/mol. The normalized spacial score (nSPS) is 10.1. The van der Waals surface area contributed by atoms with Crippen LogP contribution in [0.4, 0.5) is 0 Å². The topological polar surface area (TPSA) is 50.4 Å². The molecule has 4 nitrogen and oxygen atoms in total. The van der Waals surface area contributed by atoms with Crippen molar-refractivity contribution in [1.29, 1.82) is 0 Å². The maximum absolute atomic E-state index is 11.4. The highest BCUT2D eigenvalue weighted by molar-refractivity contribution is 5.77. The van der Waals surface area contributed by atoms with E-state index in [2.05, 4.69) is 10.6 Å². The largest absolute Gasteiger partial charge is 0.483 e. The van der Waals surface area contributed by atoms with Crippen molar-refractivity contribution in [3.05, 3.63) is 29.3 Å². The lowest BCUT2D eigenvalue weighted by Crippen LogP contribution is -2.33. The lowest BCUT2D eigenvalue weighted by Gasteiger charge is -2.10. The minimum atomic E-state index is -0.0962. The number of rotatable bonds is 6. The Balaban J connectivity index is 2.39. The monoisotopic (exact) mass is 236 g/mol. The van der Waals surface area contributed by atoms with Gasteiger partial charge in [-0.3, -0.25) is 4.79 Å². The molecule has 0 spiro atoms. The molecule has 0 bridgehead atoms. The van der Waals surface area contributed by atoms with Crippen molar-refractivity contribution < 1.29 is 9.53 Å². The van der Waals surface area contributed by atoms with Crippen LogP contribution in [0.1, 0.15) is 11.1 Å². The van der Waals surface area contributed by atoms with E-state index in [-0.39, 0.29) is 12.5 Å². The summed E-state index contributed by atoms with van der Waals surface area (Å²) in [5.74, 6) is 0.676. The van der Waals surface area contributed by atoms with Crippen molar-refractivity contribution >= 4 is 5.91 Å². The molecule has 17 heavy (non-hydrogen) atoms. The van der Waals surface area contributed by atoms with Gasteiger partial charge in [-0.2, -0.15) is 0 Å². The SMILES string of the molecule is CNCCNC(=O)COc1cc(C)ccc1C. The van der Waals surface area contributed by atoms with Crippen molar-refractivity contribution in [2.45, 2.75) is 13.8 Å². The summed E-state index contributed by atoms with van der Waals surface area (Å²) in [5, 5.41) is 5.72. The summed E-state index contributed by atoms with van der Waals surface area (Å²) in [4.78, 5) is 11.4. The summed E-state index contributed by atoms with van der Waals surface area (Å²) in [6.07, 6.45) is 0. The van der Waals surface area contributed by atoms with E-state index in [0.29, 0.717) is 6.54 Å². The predicted octanol–water partition coefficient (Wildman–Crippen LogP) is 1.02. The number of likely N-dealkylation sites (N-methyl/N-ethyl adjacent to an activating group) is 1. The highest BCUT2D eigenvalue weighted by atomic mass is 16.5. The Kier molecular flexibility index (Phi) is 5.49. The fourth-order valence-electron chi connectivity index (χ4n) is 1.38. The standard InChI is InChI=1S/C13H20N2O2/c1-10-4-5-11(2)12(8-10)17-9-13(16)15-7-6-14-3/h4-5,8,14H,6-7,9H2,1-3H3,(H,15,16). The van der Waals surface area contributed by atoms with Crippen LogP contribution in [0.5, 0.6) is 5.75 Å². The van der Waals surface area contributed by atoms with Crippen LogP contribution in [0, 0.1) is 13.8 Å². The molecule has 0 fully saturated rings. The van der Waals surface area contributed by atoms with Crippen LogP contribution in [0.2, 0.25) is 0 Å². The van der Waals surface area contributed by atoms with Crippen molar-refractivity contribution in [3.8, 4) is 5.75 Å². The van der Waals surface area contributed by atoms with Gasteiger partial charge >= 0.3 is 0 Å². The summed E-state index contributed by atoms with van der Waals surface area (Å²) in [5.41, 5.74) is 2.17. The number of nitrogens with one attached hydrogen (secondary N) is 2. The van der Waals surface area contributed by atoms with Gasteiger partial charge in [-0.25, -0.2) is 0 Å². The first-order valence-corrected chi connectivity index (χ1v) is 5.75. The van der Waals surface area contributed by atoms with E-state index in [1.165, 1.54) is 0 Å². The van der Waals surface area contributed by atoms with Crippen LogP contribution in [-0.2, 0) is 4.79 Å². The van der Waals surface area contributed by atoms with Crippen molar-refractivity contribution in [2.24, 2.45) is 0 Å². The second-order valence-corrected chi connectivity index (χ2v) is 4.01. The number of carbonyl (C=O) groups is 1. The number of hydrogen-bond acceptors (Lipinski definition) is 3. The van der Waals surface area contributed by atoms with Gasteiger partial charge in [0, 0.05) is 13.1 Å². The molecule has 0 aromatic heterocycles. The van der Waals surface area contributed by atoms with E-state index in [1.807, 2.05) is 39.1 Å². The maximum Gasteiger partial charge on any atom is 0.257 e. The molecule has 1 amide bonds. The number of carbonyl (C=O) groups excluding carboxylic acids is 1. The minimum absolute atomic E-state index is 0.0635. The van der Waals surface area contributed by atoms with E-state index in [9.17, 15) is 4.79 Å². The smallest absolute Gasteiger partial charge is 0.257 e. The van der Waals surface area contributed by atoms with Crippen molar-refractivity contribution in [1.82, 2.24) is 10.6 Å². The minimum Gasteiger partial charge on any atom is -0.483 e. The van der Waals surface area contributed by atoms with Gasteiger partial charge < -0.3 is 15.4 Å². The van der Waals surface area contributed by atoms with Crippen molar-refractivity contribution in [2.75, 3.05) is 26.7 Å². The number of hydrogen-bond donors (Lipinski definition) is 2. The molecule has 0 atom stereocenters. The molecule has 1 aromatic rings. The van der Waals surface area contributed by atoms with Gasteiger partial charge in [0.15, 0.2) is 6.61 Å². The number of aryl methyl sites for hydroxylation is 2. The molecule has 0 aliphatic heterocycles. The maximum atomic E-state index is 11.4. The molecule has 0 saturated carbocycles. The summed E-state index contributed by atoms with van der Waals surface area (Å²) < 4.78 is 5.48. The van der Waals surface area contributed by atoms with Gasteiger partial charge in [-0.05, 0) is 38.1 Å². The quantitative estimate of drug-likeness (QED) is 0.725. The first kappa shape index (κ1) is 13.5. The van der Waals surface area contributed by atoms with Gasteiger partial charge in [-0.1, -0.05) is 12.1 Å². The zero-order valence-corrected chi connectivity index (χ0v) is 10.7. The number of amides is 1. The summed E-state index contributed by atoms with van der Waals surface area (Å²) in [7, 11) is 1.85. The molecular formula is C13H20N2O2. The third-order valence-corrected chi connectivity index (χ3v) is 2.40. The molecule has 1 rings (SSSR count). The fourth-order valence-corrected chi connectivity index (χ4v) is 1.38. The van der Waals surface area contributed by atoms with Gasteiger partial charge in [0.2, 0.25) is 0 Å². The third-order valence-electron chi connectivity index (χ3n) is 2.40. The summed E-state index contributed by atoms with van der Waals surface area (Å²) >= 11 is 0. The Hall–Kier alpha value is -1.55. The van der Waals surface area contributed by atoms with Crippen LogP contribution in [-0.4, -0.2) is 32.7 Å². The van der Waals surface area contributed by atoms with Crippen LogP contribution < -0.4 is 15.4 Å². The summed E-state index contributed by atoms with van der Waals surface area (Å²) in [6.45, 7) is 5.40. The van der Waals surface area contributed by atoms with E-state index >= 15 is 0 Å². The first-order chi connectivity index (χ1) is 8.13. The zero-order chi connectivity index (χ0) is 12.7. The second kappa shape index (κ2) is 6.91. The second-order valence-electron chi connectivity index (χ2n) is 4.01. The summed E-state index contributed by atoms with van der Waals surface area (Å²) in [6, 6.07) is 5.95. The van der Waals surface area contributed by atoms with E-state index < -0.39 is 0 Å². The van der Waals surface area contributed by atoms with Gasteiger partial charge in [0.25, 0.3) is 5.91 Å². The van der Waals surface area contributed by atoms with Gasteiger partial charge in [0.1, 0.15) is 5.75 Å². The average molecular weight is 236 g/mol. The van der Waals surface area contributed by atoms with Gasteiger partial charge in [-0.15, -0.1) is 0 Å². The Labute approximate surface area is 102 Å². The first-order valence-electron chi connectivity index (χ1n) is 5.75. The third kappa shape index (κ3) is 4.87. The molecular weight excluding hydrogens is 216 g/mol. The molecule has 0 radical (unpaired) electrons. The molecule has 0 heterocycles. The van der Waals surface area contributed by atoms with Crippen LogP contribution in [0.3, 0.4) is 0 Å². The average Bonchev–Trinajstić information content (AvgIpc) is 2.31. The lowest BCUT2D eigenvalue weighted by atomic mass is 10.1. The lowest BCUT2D eigenvalue weighted by molar-refractivity contribution is -0.123. The molecule has 0 unspecified atom stereocenters. The number of benzene rings is 1.